The lowest BCUT2D eigenvalue weighted by Gasteiger charge is -2.13. The van der Waals surface area contributed by atoms with Crippen molar-refractivity contribution >= 4 is 15.7 Å². The molecule has 0 amide bonds. The first kappa shape index (κ1) is 13.8. The second-order valence-corrected chi connectivity index (χ2v) is 6.12. The summed E-state index contributed by atoms with van der Waals surface area (Å²) in [5, 5.41) is 3.03. The third-order valence-electron chi connectivity index (χ3n) is 1.96. The number of hydrogen-bond donors (Lipinski definition) is 1. The fourth-order valence-corrected chi connectivity index (χ4v) is 2.46. The van der Waals surface area contributed by atoms with Crippen LogP contribution in [0.4, 0.5) is 5.82 Å². The monoisotopic (exact) mass is 258 g/mol. The number of nitrogens with zero attached hydrogens (tertiary/aromatic N) is 1. The van der Waals surface area contributed by atoms with Crippen LogP contribution in [0.1, 0.15) is 13.8 Å². The minimum atomic E-state index is -2.99. The number of nitrogens with one attached hydrogen (secondary N) is 1. The molecule has 6 heteroatoms. The van der Waals surface area contributed by atoms with Gasteiger partial charge in [0, 0.05) is 18.4 Å². The summed E-state index contributed by atoms with van der Waals surface area (Å²) in [5.41, 5.74) is 0. The first-order valence-corrected chi connectivity index (χ1v) is 7.51. The smallest absolute Gasteiger partial charge is 0.215 e. The van der Waals surface area contributed by atoms with Crippen molar-refractivity contribution in [3.8, 4) is 5.88 Å². The van der Waals surface area contributed by atoms with E-state index in [2.05, 4.69) is 10.3 Å². The predicted molar refractivity (Wildman–Crippen MR) is 68.2 cm³/mol. The lowest BCUT2D eigenvalue weighted by atomic mass is 10.3. The van der Waals surface area contributed by atoms with Gasteiger partial charge in [-0.15, -0.1) is 0 Å². The van der Waals surface area contributed by atoms with Crippen molar-refractivity contribution in [3.63, 3.8) is 0 Å². The summed E-state index contributed by atoms with van der Waals surface area (Å²) >= 11 is 0. The van der Waals surface area contributed by atoms with E-state index in [0.717, 1.165) is 0 Å². The lowest BCUT2D eigenvalue weighted by molar-refractivity contribution is 0.327. The van der Waals surface area contributed by atoms with Gasteiger partial charge < -0.3 is 10.1 Å². The molecule has 0 bridgehead atoms. The van der Waals surface area contributed by atoms with Gasteiger partial charge in [-0.05, 0) is 19.9 Å². The van der Waals surface area contributed by atoms with Gasteiger partial charge in [-0.2, -0.15) is 4.98 Å². The molecule has 0 aromatic carbocycles. The Morgan fingerprint density at radius 3 is 2.76 bits per heavy atom. The van der Waals surface area contributed by atoms with E-state index in [1.54, 1.807) is 19.1 Å². The van der Waals surface area contributed by atoms with E-state index in [9.17, 15) is 8.42 Å². The SMILES string of the molecule is CCOc1cccc(NC(C)CS(C)(=O)=O)n1. The molecule has 96 valence electrons. The molecule has 0 aliphatic rings. The molecule has 17 heavy (non-hydrogen) atoms. The molecule has 0 aliphatic carbocycles. The minimum absolute atomic E-state index is 0.0769. The van der Waals surface area contributed by atoms with Gasteiger partial charge in [0.15, 0.2) is 0 Å². The van der Waals surface area contributed by atoms with E-state index < -0.39 is 9.84 Å². The normalized spacial score (nSPS) is 13.1. The van der Waals surface area contributed by atoms with Crippen LogP contribution in [-0.2, 0) is 9.84 Å². The molecule has 0 saturated heterocycles. The zero-order chi connectivity index (χ0) is 12.9. The van der Waals surface area contributed by atoms with Crippen LogP contribution in [0.15, 0.2) is 18.2 Å². The third kappa shape index (κ3) is 5.53. The number of hydrogen-bond acceptors (Lipinski definition) is 5. The van der Waals surface area contributed by atoms with E-state index in [-0.39, 0.29) is 11.8 Å². The van der Waals surface area contributed by atoms with Crippen LogP contribution >= 0.6 is 0 Å². The Balaban J connectivity index is 2.65. The summed E-state index contributed by atoms with van der Waals surface area (Å²) in [4.78, 5) is 4.20. The predicted octanol–water partition coefficient (Wildman–Crippen LogP) is 1.33. The van der Waals surface area contributed by atoms with Gasteiger partial charge in [-0.1, -0.05) is 6.07 Å². The van der Waals surface area contributed by atoms with Crippen molar-refractivity contribution in [2.75, 3.05) is 23.9 Å². The number of sulfone groups is 1. The highest BCUT2D eigenvalue weighted by Gasteiger charge is 2.10. The van der Waals surface area contributed by atoms with E-state index in [1.807, 2.05) is 13.0 Å². The van der Waals surface area contributed by atoms with Gasteiger partial charge in [-0.3, -0.25) is 0 Å². The standard InChI is InChI=1S/C11H18N2O3S/c1-4-16-11-7-5-6-10(13-11)12-9(2)8-17(3,14)15/h5-7,9H,4,8H2,1-3H3,(H,12,13). The van der Waals surface area contributed by atoms with Gasteiger partial charge >= 0.3 is 0 Å². The highest BCUT2D eigenvalue weighted by atomic mass is 32.2. The summed E-state index contributed by atoms with van der Waals surface area (Å²) in [6.45, 7) is 4.24. The summed E-state index contributed by atoms with van der Waals surface area (Å²) in [5.74, 6) is 1.23. The van der Waals surface area contributed by atoms with Gasteiger partial charge in [0.05, 0.1) is 12.4 Å². The maximum atomic E-state index is 11.1. The molecule has 0 radical (unpaired) electrons. The van der Waals surface area contributed by atoms with Gasteiger partial charge in [0.1, 0.15) is 15.7 Å². The topological polar surface area (TPSA) is 68.3 Å². The highest BCUT2D eigenvalue weighted by molar-refractivity contribution is 7.90. The summed E-state index contributed by atoms with van der Waals surface area (Å²) < 4.78 is 27.5. The Morgan fingerprint density at radius 2 is 2.18 bits per heavy atom. The molecule has 0 spiro atoms. The number of anilines is 1. The second kappa shape index (κ2) is 5.86. The van der Waals surface area contributed by atoms with Crippen molar-refractivity contribution in [2.45, 2.75) is 19.9 Å². The largest absolute Gasteiger partial charge is 0.478 e. The van der Waals surface area contributed by atoms with Crippen molar-refractivity contribution < 1.29 is 13.2 Å². The minimum Gasteiger partial charge on any atom is -0.478 e. The van der Waals surface area contributed by atoms with Gasteiger partial charge in [0.2, 0.25) is 5.88 Å². The summed E-state index contributed by atoms with van der Waals surface area (Å²) in [7, 11) is -2.99. The maximum Gasteiger partial charge on any atom is 0.215 e. The van der Waals surface area contributed by atoms with Crippen LogP contribution in [0.3, 0.4) is 0 Å². The van der Waals surface area contributed by atoms with E-state index >= 15 is 0 Å². The fourth-order valence-electron chi connectivity index (χ4n) is 1.47. The molecule has 1 N–H and O–H groups in total. The average Bonchev–Trinajstić information content (AvgIpc) is 2.15. The van der Waals surface area contributed by atoms with Crippen molar-refractivity contribution in [1.29, 1.82) is 0 Å². The molecule has 1 aromatic heterocycles. The number of ether oxygens (including phenoxy) is 1. The summed E-state index contributed by atoms with van der Waals surface area (Å²) in [6, 6.07) is 5.17. The molecule has 1 rings (SSSR count). The van der Waals surface area contributed by atoms with Crippen LogP contribution in [0, 0.1) is 0 Å². The van der Waals surface area contributed by atoms with Crippen LogP contribution in [-0.4, -0.2) is 38.1 Å². The Morgan fingerprint density at radius 1 is 1.47 bits per heavy atom. The van der Waals surface area contributed by atoms with Crippen molar-refractivity contribution in [2.24, 2.45) is 0 Å². The van der Waals surface area contributed by atoms with E-state index in [1.165, 1.54) is 6.26 Å². The fraction of sp³-hybridized carbons (Fsp3) is 0.545. The quantitative estimate of drug-likeness (QED) is 0.833. The van der Waals surface area contributed by atoms with Gasteiger partial charge in [0.25, 0.3) is 0 Å². The Labute approximate surface area is 102 Å². The second-order valence-electron chi connectivity index (χ2n) is 3.93. The molecule has 1 aromatic rings. The molecule has 0 aliphatic heterocycles. The molecular formula is C11H18N2O3S. The average molecular weight is 258 g/mol. The zero-order valence-electron chi connectivity index (χ0n) is 10.3. The van der Waals surface area contributed by atoms with Crippen LogP contribution in [0.5, 0.6) is 5.88 Å². The highest BCUT2D eigenvalue weighted by Crippen LogP contribution is 2.12. The summed E-state index contributed by atoms with van der Waals surface area (Å²) in [6.07, 6.45) is 1.22. The maximum absolute atomic E-state index is 11.1. The third-order valence-corrected chi connectivity index (χ3v) is 3.07. The van der Waals surface area contributed by atoms with E-state index in [4.69, 9.17) is 4.74 Å². The molecule has 5 nitrogen and oxygen atoms in total. The Hall–Kier alpha value is -1.30. The first-order valence-electron chi connectivity index (χ1n) is 5.45. The van der Waals surface area contributed by atoms with Gasteiger partial charge in [-0.25, -0.2) is 8.42 Å². The van der Waals surface area contributed by atoms with Crippen molar-refractivity contribution in [1.82, 2.24) is 4.98 Å². The molecule has 0 saturated carbocycles. The molecule has 1 heterocycles. The molecular weight excluding hydrogens is 240 g/mol. The van der Waals surface area contributed by atoms with Crippen LogP contribution in [0.25, 0.3) is 0 Å². The Kier molecular flexibility index (Phi) is 4.74. The molecule has 0 fully saturated rings. The number of rotatable bonds is 6. The molecule has 1 atom stereocenters. The lowest BCUT2D eigenvalue weighted by Crippen LogP contribution is -2.25. The van der Waals surface area contributed by atoms with E-state index in [0.29, 0.717) is 18.3 Å². The first-order chi connectivity index (χ1) is 7.90. The zero-order valence-corrected chi connectivity index (χ0v) is 11.1. The van der Waals surface area contributed by atoms with Crippen molar-refractivity contribution in [3.05, 3.63) is 18.2 Å². The molecule has 1 unspecified atom stereocenters. The Bertz CT molecular complexity index is 460. The number of aromatic nitrogens is 1. The number of pyridine rings is 1. The van der Waals surface area contributed by atoms with Crippen LogP contribution < -0.4 is 10.1 Å². The van der Waals surface area contributed by atoms with Crippen LogP contribution in [0.2, 0.25) is 0 Å².